The smallest absolute Gasteiger partial charge is 0.335 e. The molecule has 0 spiro atoms. The quantitative estimate of drug-likeness (QED) is 0.730. The Morgan fingerprint density at radius 2 is 1.96 bits per heavy atom. The molecule has 1 aromatic heterocycles. The van der Waals surface area contributed by atoms with E-state index in [-0.39, 0.29) is 24.8 Å². The lowest BCUT2D eigenvalue weighted by atomic mass is 10.2. The van der Waals surface area contributed by atoms with Crippen LogP contribution in [0.1, 0.15) is 39.0 Å². The summed E-state index contributed by atoms with van der Waals surface area (Å²) in [5.74, 6) is 0. The Morgan fingerprint density at radius 3 is 2.46 bits per heavy atom. The number of ether oxygens (including phenoxy) is 1. The molecule has 1 aliphatic heterocycles. The molecule has 0 saturated carbocycles. The van der Waals surface area contributed by atoms with Crippen molar-refractivity contribution >= 4 is 8.32 Å². The molecule has 8 nitrogen and oxygen atoms in total. The molecular formula is C17H30N2O6Si. The second kappa shape index (κ2) is 7.39. The summed E-state index contributed by atoms with van der Waals surface area (Å²) >= 11 is 0. The molecule has 3 atom stereocenters. The first kappa shape index (κ1) is 21.0. The van der Waals surface area contributed by atoms with Gasteiger partial charge >= 0.3 is 5.69 Å². The summed E-state index contributed by atoms with van der Waals surface area (Å²) in [6.45, 7) is 11.5. The minimum Gasteiger partial charge on any atom is -0.399 e. The Kier molecular flexibility index (Phi) is 5.98. The molecule has 0 bridgehead atoms. The molecule has 0 aliphatic carbocycles. The van der Waals surface area contributed by atoms with Gasteiger partial charge in [-0.25, -0.2) is 9.36 Å². The fraction of sp³-hybridized carbons (Fsp3) is 0.765. The lowest BCUT2D eigenvalue weighted by Gasteiger charge is -2.36. The summed E-state index contributed by atoms with van der Waals surface area (Å²) in [5, 5.41) is 19.1. The van der Waals surface area contributed by atoms with E-state index < -0.39 is 38.0 Å². The molecular weight excluding hydrogens is 356 g/mol. The molecule has 2 rings (SSSR count). The van der Waals surface area contributed by atoms with E-state index in [2.05, 4.69) is 33.9 Å². The van der Waals surface area contributed by atoms with Gasteiger partial charge in [0.2, 0.25) is 0 Å². The van der Waals surface area contributed by atoms with E-state index in [0.29, 0.717) is 5.56 Å². The van der Waals surface area contributed by atoms with E-state index >= 15 is 0 Å². The number of aromatic nitrogens is 2. The van der Waals surface area contributed by atoms with Gasteiger partial charge in [-0.1, -0.05) is 20.8 Å². The zero-order valence-corrected chi connectivity index (χ0v) is 17.4. The van der Waals surface area contributed by atoms with Gasteiger partial charge < -0.3 is 19.4 Å². The van der Waals surface area contributed by atoms with E-state index in [4.69, 9.17) is 9.16 Å². The number of hydrogen-bond acceptors (Lipinski definition) is 6. The third kappa shape index (κ3) is 4.01. The van der Waals surface area contributed by atoms with Crippen LogP contribution in [0, 0.1) is 6.92 Å². The van der Waals surface area contributed by atoms with Crippen molar-refractivity contribution in [1.29, 1.82) is 0 Å². The van der Waals surface area contributed by atoms with Gasteiger partial charge in [0.05, 0.1) is 12.7 Å². The summed E-state index contributed by atoms with van der Waals surface area (Å²) in [6.07, 6.45) is -0.721. The van der Waals surface area contributed by atoms with Gasteiger partial charge in [0.1, 0.15) is 19.1 Å². The molecule has 1 fully saturated rings. The number of hydrogen-bond donors (Lipinski definition) is 2. The monoisotopic (exact) mass is 386 g/mol. The summed E-state index contributed by atoms with van der Waals surface area (Å²) in [5.41, 5.74) is -0.564. The Morgan fingerprint density at radius 1 is 1.35 bits per heavy atom. The lowest BCUT2D eigenvalue weighted by molar-refractivity contribution is -0.0467. The second-order valence-electron chi connectivity index (χ2n) is 8.38. The highest BCUT2D eigenvalue weighted by Crippen LogP contribution is 2.36. The molecule has 1 aromatic rings. The Hall–Kier alpha value is -1.26. The summed E-state index contributed by atoms with van der Waals surface area (Å²) in [6, 6.07) is 0. The van der Waals surface area contributed by atoms with Gasteiger partial charge in [0, 0.05) is 18.2 Å². The van der Waals surface area contributed by atoms with Crippen LogP contribution in [0.25, 0.3) is 0 Å². The van der Waals surface area contributed by atoms with Crippen molar-refractivity contribution in [3.05, 3.63) is 32.6 Å². The van der Waals surface area contributed by atoms with Crippen LogP contribution in [0.2, 0.25) is 18.1 Å². The van der Waals surface area contributed by atoms with Crippen molar-refractivity contribution in [3.8, 4) is 0 Å². The van der Waals surface area contributed by atoms with Crippen LogP contribution in [0.15, 0.2) is 15.8 Å². The maximum Gasteiger partial charge on any atom is 0.335 e. The molecule has 148 valence electrons. The average Bonchev–Trinajstić information content (AvgIpc) is 2.90. The lowest BCUT2D eigenvalue weighted by Crippen LogP contribution is -2.47. The van der Waals surface area contributed by atoms with Crippen molar-refractivity contribution in [1.82, 2.24) is 9.13 Å². The first-order chi connectivity index (χ1) is 11.9. The highest BCUT2D eigenvalue weighted by molar-refractivity contribution is 6.74. The summed E-state index contributed by atoms with van der Waals surface area (Å²) in [4.78, 5) is 25.3. The number of nitrogens with zero attached hydrogens (tertiary/aromatic N) is 2. The zero-order chi connectivity index (χ0) is 19.9. The van der Waals surface area contributed by atoms with Gasteiger partial charge in [-0.15, -0.1) is 0 Å². The van der Waals surface area contributed by atoms with Crippen LogP contribution in [0.4, 0.5) is 0 Å². The first-order valence-corrected chi connectivity index (χ1v) is 11.7. The Balaban J connectivity index is 2.36. The van der Waals surface area contributed by atoms with Crippen LogP contribution >= 0.6 is 0 Å². The average molecular weight is 387 g/mol. The minimum absolute atomic E-state index is 0.0491. The largest absolute Gasteiger partial charge is 0.399 e. The fourth-order valence-corrected chi connectivity index (χ4v) is 3.46. The topological polar surface area (TPSA) is 103 Å². The number of rotatable bonds is 5. The van der Waals surface area contributed by atoms with E-state index in [1.807, 2.05) is 0 Å². The van der Waals surface area contributed by atoms with E-state index in [0.717, 1.165) is 4.57 Å². The van der Waals surface area contributed by atoms with Crippen molar-refractivity contribution in [3.63, 3.8) is 0 Å². The predicted octanol–water partition coefficient (Wildman–Crippen LogP) is 0.938. The molecule has 0 aromatic carbocycles. The van der Waals surface area contributed by atoms with Gasteiger partial charge in [-0.05, 0) is 25.1 Å². The zero-order valence-electron chi connectivity index (χ0n) is 16.4. The van der Waals surface area contributed by atoms with Crippen molar-refractivity contribution < 1.29 is 19.4 Å². The van der Waals surface area contributed by atoms with Crippen molar-refractivity contribution in [2.75, 3.05) is 6.61 Å². The van der Waals surface area contributed by atoms with Gasteiger partial charge in [0.25, 0.3) is 5.56 Å². The minimum atomic E-state index is -2.14. The Bertz CT molecular complexity index is 764. The van der Waals surface area contributed by atoms with Crippen LogP contribution < -0.4 is 11.2 Å². The molecule has 1 saturated heterocycles. The van der Waals surface area contributed by atoms with E-state index in [9.17, 15) is 19.8 Å². The standard InChI is InChI=1S/C17H30N2O6Si/c1-11-8-18(14-7-12(21)13(9-20)25-14)16(23)19(15(11)22)10-24-26(5,6)17(2,3)4/h8,12-14,20-21H,7,9-10H2,1-6H3/t12-,13-,14-/m1/s1. The normalized spacial score (nSPS) is 24.2. The Labute approximate surface area is 154 Å². The molecule has 1 aliphatic rings. The van der Waals surface area contributed by atoms with Crippen LogP contribution in [-0.2, 0) is 15.9 Å². The van der Waals surface area contributed by atoms with Crippen molar-refractivity contribution in [2.24, 2.45) is 0 Å². The molecule has 26 heavy (non-hydrogen) atoms. The molecule has 2 heterocycles. The van der Waals surface area contributed by atoms with Gasteiger partial charge in [0.15, 0.2) is 8.32 Å². The molecule has 0 amide bonds. The maximum atomic E-state index is 12.8. The molecule has 2 N–H and O–H groups in total. The SMILES string of the molecule is Cc1cn([C@H]2C[C@@H](O)[C@@H](CO)O2)c(=O)n(CO[Si](C)(C)C(C)(C)C)c1=O. The highest BCUT2D eigenvalue weighted by atomic mass is 28.4. The van der Waals surface area contributed by atoms with Crippen LogP contribution in [-0.4, -0.2) is 46.5 Å². The fourth-order valence-electron chi connectivity index (χ4n) is 2.57. The van der Waals surface area contributed by atoms with Crippen molar-refractivity contribution in [2.45, 2.75) is 77.4 Å². The third-order valence-corrected chi connectivity index (χ3v) is 9.89. The molecule has 9 heteroatoms. The number of aliphatic hydroxyl groups excluding tert-OH is 2. The van der Waals surface area contributed by atoms with Crippen LogP contribution in [0.5, 0.6) is 0 Å². The molecule has 0 unspecified atom stereocenters. The van der Waals surface area contributed by atoms with Gasteiger partial charge in [-0.2, -0.15) is 0 Å². The molecule has 0 radical (unpaired) electrons. The summed E-state index contributed by atoms with van der Waals surface area (Å²) < 4.78 is 14.0. The highest BCUT2D eigenvalue weighted by Gasteiger charge is 2.38. The predicted molar refractivity (Wildman–Crippen MR) is 99.6 cm³/mol. The number of aliphatic hydroxyl groups is 2. The maximum absolute atomic E-state index is 12.8. The summed E-state index contributed by atoms with van der Waals surface area (Å²) in [7, 11) is -2.14. The number of aryl methyl sites for hydroxylation is 1. The first-order valence-electron chi connectivity index (χ1n) is 8.80. The second-order valence-corrected chi connectivity index (χ2v) is 13.2. The van der Waals surface area contributed by atoms with Crippen LogP contribution in [0.3, 0.4) is 0 Å². The third-order valence-electron chi connectivity index (χ3n) is 5.42. The van der Waals surface area contributed by atoms with E-state index in [1.54, 1.807) is 6.92 Å². The van der Waals surface area contributed by atoms with E-state index in [1.165, 1.54) is 10.8 Å². The van der Waals surface area contributed by atoms with Gasteiger partial charge in [-0.3, -0.25) is 9.36 Å².